The van der Waals surface area contributed by atoms with E-state index in [0.717, 1.165) is 29.6 Å². The zero-order valence-corrected chi connectivity index (χ0v) is 20.1. The number of hydrogen-bond donors (Lipinski definition) is 1. The van der Waals surface area contributed by atoms with E-state index in [1.807, 2.05) is 0 Å². The predicted molar refractivity (Wildman–Crippen MR) is 94.5 cm³/mol. The average Bonchev–Trinajstić information content (AvgIpc) is 2.45. The molecule has 0 spiro atoms. The van der Waals surface area contributed by atoms with E-state index >= 15 is 0 Å². The third kappa shape index (κ3) is 12.2. The van der Waals surface area contributed by atoms with Crippen LogP contribution in [0.1, 0.15) is 34.6 Å². The number of halogens is 3. The molecule has 153 valence electrons. The fourth-order valence-corrected chi connectivity index (χ4v) is 2.39. The first-order valence-corrected chi connectivity index (χ1v) is 11.3. The Bertz CT molecular complexity index is 369. The third-order valence-electron chi connectivity index (χ3n) is 4.44. The Kier molecular flexibility index (Phi) is 17.6. The van der Waals surface area contributed by atoms with Gasteiger partial charge in [0.25, 0.3) is 0 Å². The van der Waals surface area contributed by atoms with Gasteiger partial charge in [-0.1, -0.05) is 34.6 Å². The molecule has 9 heteroatoms. The summed E-state index contributed by atoms with van der Waals surface area (Å²) >= 11 is 0. The molecule has 1 rings (SSSR count). The molecule has 0 amide bonds. The van der Waals surface area contributed by atoms with Crippen molar-refractivity contribution in [3.63, 3.8) is 0 Å². The van der Waals surface area contributed by atoms with E-state index in [4.69, 9.17) is 13.0 Å². The van der Waals surface area contributed by atoms with Crippen molar-refractivity contribution in [2.45, 2.75) is 40.1 Å². The Labute approximate surface area is 161 Å². The molecule has 0 unspecified atom stereocenters. The molecule has 1 fully saturated rings. The second kappa shape index (κ2) is 13.0. The Morgan fingerprint density at radius 3 is 0.917 bits per heavy atom. The van der Waals surface area contributed by atoms with E-state index in [1.165, 1.54) is 0 Å². The van der Waals surface area contributed by atoms with Crippen molar-refractivity contribution in [3.05, 3.63) is 7.43 Å². The molecule has 0 aromatic rings. The van der Waals surface area contributed by atoms with Crippen LogP contribution in [-0.4, -0.2) is 38.5 Å². The Balaban J connectivity index is -0.000000130. The maximum Gasteiger partial charge on any atom is 0.522 e. The predicted octanol–water partition coefficient (Wildman–Crippen LogP) is 5.38. The summed E-state index contributed by atoms with van der Waals surface area (Å²) < 4.78 is 57.5. The molecule has 1 saturated carbocycles. The molecular weight excluding hydrogens is 540 g/mol. The van der Waals surface area contributed by atoms with Gasteiger partial charge in [0, 0.05) is 20.1 Å². The van der Waals surface area contributed by atoms with Crippen LogP contribution in [0.15, 0.2) is 0 Å². The quantitative estimate of drug-likeness (QED) is 0.183. The minimum absolute atomic E-state index is 0. The number of alkyl halides is 3. The van der Waals surface area contributed by atoms with Crippen LogP contribution in [0, 0.1) is 37.0 Å². The Morgan fingerprint density at radius 2 is 0.875 bits per heavy atom. The van der Waals surface area contributed by atoms with Crippen LogP contribution < -0.4 is 0 Å². The van der Waals surface area contributed by atoms with Crippen molar-refractivity contribution < 1.29 is 46.2 Å². The summed E-state index contributed by atoms with van der Waals surface area (Å²) in [5, 5.41) is 0. The minimum atomic E-state index is -5.84. The Hall–Kier alpha value is 0.779. The van der Waals surface area contributed by atoms with Crippen molar-refractivity contribution in [2.75, 3.05) is 20.0 Å². The second-order valence-electron chi connectivity index (χ2n) is 6.56. The molecule has 0 saturated heterocycles. The van der Waals surface area contributed by atoms with Crippen molar-refractivity contribution in [1.29, 1.82) is 0 Å². The van der Waals surface area contributed by atoms with Crippen LogP contribution in [0.2, 0.25) is 0 Å². The van der Waals surface area contributed by atoms with Crippen LogP contribution in [0.4, 0.5) is 13.2 Å². The standard InChI is InChI=1S/C10H20.C3H9P.CHF3O3S.CH3.Ir/c1-6-7(2)9(4)10(5)8(6)3;1-4(2)3;2-1(3,4)8(5,6)7;;/h6-10H,1-5H3;1-3H3;(H,5,6,7);1H3;/q;;;-1;. The first kappa shape index (κ1) is 32.5. The van der Waals surface area contributed by atoms with Gasteiger partial charge in [-0.15, -0.1) is 7.92 Å². The maximum atomic E-state index is 10.7. The molecular formula is C15H33F3IrO3PS-. The van der Waals surface area contributed by atoms with Gasteiger partial charge in [0.2, 0.25) is 0 Å². The normalized spacial score (nSPS) is 29.3. The summed E-state index contributed by atoms with van der Waals surface area (Å²) in [7, 11) is -5.46. The van der Waals surface area contributed by atoms with E-state index in [2.05, 4.69) is 54.6 Å². The average molecular weight is 574 g/mol. The van der Waals surface area contributed by atoms with E-state index in [9.17, 15) is 13.2 Å². The summed E-state index contributed by atoms with van der Waals surface area (Å²) in [4.78, 5) is 0. The van der Waals surface area contributed by atoms with Crippen LogP contribution >= 0.6 is 7.92 Å². The fourth-order valence-electron chi connectivity index (χ4n) is 2.39. The smallest absolute Gasteiger partial charge is 0.358 e. The molecule has 24 heavy (non-hydrogen) atoms. The molecule has 0 aromatic carbocycles. The van der Waals surface area contributed by atoms with Crippen molar-refractivity contribution in [2.24, 2.45) is 29.6 Å². The molecule has 0 bridgehead atoms. The molecule has 1 aliphatic carbocycles. The van der Waals surface area contributed by atoms with Crippen molar-refractivity contribution in [1.82, 2.24) is 0 Å². The largest absolute Gasteiger partial charge is 0.522 e. The molecule has 0 heterocycles. The SMILES string of the molecule is CC1C(C)C(C)C(C)C1C.CP(C)C.O=S(=O)(O)C(F)(F)F.[CH3-].[Ir]. The summed E-state index contributed by atoms with van der Waals surface area (Å²) in [5.74, 6) is 4.68. The van der Waals surface area contributed by atoms with Crippen LogP contribution in [0.5, 0.6) is 0 Å². The van der Waals surface area contributed by atoms with Gasteiger partial charge in [-0.3, -0.25) is 4.55 Å². The second-order valence-corrected chi connectivity index (χ2v) is 10.7. The topological polar surface area (TPSA) is 54.4 Å². The van der Waals surface area contributed by atoms with Gasteiger partial charge in [0.1, 0.15) is 0 Å². The van der Waals surface area contributed by atoms with Gasteiger partial charge in [0.05, 0.1) is 0 Å². The van der Waals surface area contributed by atoms with Gasteiger partial charge >= 0.3 is 15.6 Å². The van der Waals surface area contributed by atoms with Crippen LogP contribution in [0.3, 0.4) is 0 Å². The molecule has 0 aliphatic heterocycles. The van der Waals surface area contributed by atoms with Crippen molar-refractivity contribution >= 4 is 18.0 Å². The fraction of sp³-hybridized carbons (Fsp3) is 0.933. The first-order chi connectivity index (χ1) is 9.54. The number of rotatable bonds is 0. The van der Waals surface area contributed by atoms with Gasteiger partial charge in [-0.05, 0) is 49.6 Å². The van der Waals surface area contributed by atoms with Gasteiger partial charge in [0.15, 0.2) is 0 Å². The minimum Gasteiger partial charge on any atom is -0.358 e. The molecule has 1 radical (unpaired) electrons. The molecule has 0 aromatic heterocycles. The first-order valence-electron chi connectivity index (χ1n) is 7.18. The Morgan fingerprint density at radius 1 is 0.792 bits per heavy atom. The van der Waals surface area contributed by atoms with E-state index in [1.54, 1.807) is 0 Å². The summed E-state index contributed by atoms with van der Waals surface area (Å²) in [6.45, 7) is 18.7. The van der Waals surface area contributed by atoms with E-state index in [-0.39, 0.29) is 27.5 Å². The van der Waals surface area contributed by atoms with E-state index < -0.39 is 15.6 Å². The monoisotopic (exact) mass is 574 g/mol. The summed E-state index contributed by atoms with van der Waals surface area (Å²) in [6, 6.07) is 0. The summed E-state index contributed by atoms with van der Waals surface area (Å²) in [6.07, 6.45) is 0. The molecule has 0 atom stereocenters. The zero-order chi connectivity index (χ0) is 18.5. The summed E-state index contributed by atoms with van der Waals surface area (Å²) in [5.41, 5.74) is -5.53. The maximum absolute atomic E-state index is 10.7. The van der Waals surface area contributed by atoms with Crippen LogP contribution in [-0.2, 0) is 30.2 Å². The van der Waals surface area contributed by atoms with Gasteiger partial charge < -0.3 is 7.43 Å². The van der Waals surface area contributed by atoms with E-state index in [0.29, 0.717) is 7.92 Å². The van der Waals surface area contributed by atoms with Gasteiger partial charge in [-0.25, -0.2) is 0 Å². The van der Waals surface area contributed by atoms with Crippen molar-refractivity contribution in [3.8, 4) is 0 Å². The zero-order valence-electron chi connectivity index (χ0n) is 16.0. The third-order valence-corrected chi connectivity index (χ3v) is 5.02. The van der Waals surface area contributed by atoms with Crippen LogP contribution in [0.25, 0.3) is 0 Å². The molecule has 1 aliphatic rings. The molecule has 3 nitrogen and oxygen atoms in total. The number of hydrogen-bond acceptors (Lipinski definition) is 2. The van der Waals surface area contributed by atoms with Gasteiger partial charge in [-0.2, -0.15) is 21.6 Å². The molecule has 1 N–H and O–H groups in total.